The third-order valence-electron chi connectivity index (χ3n) is 6.01. The summed E-state index contributed by atoms with van der Waals surface area (Å²) in [4.78, 5) is 12.9. The molecule has 196 valence electrons. The van der Waals surface area contributed by atoms with Crippen LogP contribution < -0.4 is 9.73 Å². The molecule has 7 nitrogen and oxygen atoms in total. The first-order valence-electron chi connectivity index (χ1n) is 11.7. The van der Waals surface area contributed by atoms with Crippen LogP contribution in [-0.2, 0) is 14.8 Å². The molecule has 0 radical (unpaired) electrons. The highest BCUT2D eigenvalue weighted by molar-refractivity contribution is 9.10. The molecule has 4 aromatic rings. The van der Waals surface area contributed by atoms with Crippen LogP contribution in [-0.4, -0.2) is 31.7 Å². The van der Waals surface area contributed by atoms with E-state index in [9.17, 15) is 13.2 Å². The van der Waals surface area contributed by atoms with Crippen molar-refractivity contribution in [1.29, 1.82) is 0 Å². The summed E-state index contributed by atoms with van der Waals surface area (Å²) in [5.41, 5.74) is 7.32. The number of aromatic nitrogens is 1. The van der Waals surface area contributed by atoms with E-state index in [-0.39, 0.29) is 10.6 Å². The standard InChI is InChI=1S/C28H26BrClN4O3S/c1-19-9-12-25(16-27(19)30)33(38(36,37)26-7-5-4-6-8-26)18-28(35)32-31-17-22-15-20(2)34(21(22)3)24-13-10-23(29)11-14-24/h4-17H,18H2,1-3H3,(H,32,35)/b31-17+. The summed E-state index contributed by atoms with van der Waals surface area (Å²) in [6.45, 7) is 5.29. The summed E-state index contributed by atoms with van der Waals surface area (Å²) in [6.07, 6.45) is 1.55. The van der Waals surface area contributed by atoms with Crippen molar-refractivity contribution in [1.82, 2.24) is 9.99 Å². The van der Waals surface area contributed by atoms with Gasteiger partial charge in [-0.3, -0.25) is 9.10 Å². The first kappa shape index (κ1) is 27.6. The van der Waals surface area contributed by atoms with Crippen molar-refractivity contribution in [2.24, 2.45) is 5.10 Å². The Bertz CT molecular complexity index is 1600. The topological polar surface area (TPSA) is 83.8 Å². The summed E-state index contributed by atoms with van der Waals surface area (Å²) >= 11 is 9.73. The number of halogens is 2. The second-order valence-electron chi connectivity index (χ2n) is 8.69. The summed E-state index contributed by atoms with van der Waals surface area (Å²) in [6, 6.07) is 22.7. The van der Waals surface area contributed by atoms with Gasteiger partial charge in [0, 0.05) is 32.1 Å². The van der Waals surface area contributed by atoms with Crippen molar-refractivity contribution in [3.8, 4) is 5.69 Å². The third kappa shape index (κ3) is 6.01. The van der Waals surface area contributed by atoms with Gasteiger partial charge in [0.1, 0.15) is 6.54 Å². The molecule has 0 saturated heterocycles. The number of carbonyl (C=O) groups excluding carboxylic acids is 1. The van der Waals surface area contributed by atoms with Gasteiger partial charge in [0.05, 0.1) is 16.8 Å². The zero-order chi connectivity index (χ0) is 27.4. The van der Waals surface area contributed by atoms with E-state index in [2.05, 4.69) is 31.0 Å². The first-order valence-corrected chi connectivity index (χ1v) is 14.3. The Labute approximate surface area is 235 Å². The van der Waals surface area contributed by atoms with Gasteiger partial charge in [-0.05, 0) is 80.9 Å². The molecule has 0 spiro atoms. The number of carbonyl (C=O) groups is 1. The SMILES string of the molecule is Cc1ccc(N(CC(=O)N/N=C/c2cc(C)n(-c3ccc(Br)cc3)c2C)S(=O)(=O)c2ccccc2)cc1Cl. The second-order valence-corrected chi connectivity index (χ2v) is 11.9. The Kier molecular flexibility index (Phi) is 8.40. The fraction of sp³-hybridized carbons (Fsp3) is 0.143. The maximum atomic E-state index is 13.5. The quantitative estimate of drug-likeness (QED) is 0.191. The highest BCUT2D eigenvalue weighted by Gasteiger charge is 2.27. The molecule has 0 fully saturated rings. The summed E-state index contributed by atoms with van der Waals surface area (Å²) in [5.74, 6) is -0.598. The maximum Gasteiger partial charge on any atom is 0.264 e. The van der Waals surface area contributed by atoms with Crippen LogP contribution in [0.4, 0.5) is 5.69 Å². The van der Waals surface area contributed by atoms with E-state index in [0.717, 1.165) is 37.0 Å². The molecule has 1 heterocycles. The summed E-state index contributed by atoms with van der Waals surface area (Å²) < 4.78 is 31.0. The zero-order valence-corrected chi connectivity index (χ0v) is 24.2. The molecular formula is C28H26BrClN4O3S. The summed E-state index contributed by atoms with van der Waals surface area (Å²) in [7, 11) is -4.04. The van der Waals surface area contributed by atoms with Crippen LogP contribution in [0.25, 0.3) is 5.69 Å². The fourth-order valence-corrected chi connectivity index (χ4v) is 5.89. The smallest absolute Gasteiger partial charge is 0.264 e. The van der Waals surface area contributed by atoms with Crippen LogP contribution >= 0.6 is 27.5 Å². The Morgan fingerprint density at radius 1 is 1.03 bits per heavy atom. The van der Waals surface area contributed by atoms with Crippen LogP contribution in [0.3, 0.4) is 0 Å². The lowest BCUT2D eigenvalue weighted by atomic mass is 10.2. The van der Waals surface area contributed by atoms with Crippen molar-refractivity contribution in [2.45, 2.75) is 25.7 Å². The van der Waals surface area contributed by atoms with E-state index < -0.39 is 22.5 Å². The number of benzene rings is 3. The van der Waals surface area contributed by atoms with Crippen molar-refractivity contribution in [2.75, 3.05) is 10.8 Å². The average Bonchev–Trinajstić information content (AvgIpc) is 3.18. The number of hydrogen-bond acceptors (Lipinski definition) is 4. The minimum Gasteiger partial charge on any atom is -0.318 e. The van der Waals surface area contributed by atoms with Crippen molar-refractivity contribution in [3.63, 3.8) is 0 Å². The number of hydrogen-bond donors (Lipinski definition) is 1. The number of rotatable bonds is 8. The number of nitrogens with zero attached hydrogens (tertiary/aromatic N) is 3. The molecule has 1 amide bonds. The van der Waals surface area contributed by atoms with E-state index >= 15 is 0 Å². The number of anilines is 1. The van der Waals surface area contributed by atoms with Gasteiger partial charge in [-0.2, -0.15) is 5.10 Å². The molecule has 3 aromatic carbocycles. The number of aryl methyl sites for hydroxylation is 2. The number of nitrogens with one attached hydrogen (secondary N) is 1. The van der Waals surface area contributed by atoms with Crippen LogP contribution in [0.2, 0.25) is 5.02 Å². The van der Waals surface area contributed by atoms with Gasteiger partial charge in [0.25, 0.3) is 15.9 Å². The zero-order valence-electron chi connectivity index (χ0n) is 21.0. The van der Waals surface area contributed by atoms with Crippen molar-refractivity contribution >= 4 is 55.4 Å². The lowest BCUT2D eigenvalue weighted by molar-refractivity contribution is -0.119. The molecule has 10 heteroatoms. The van der Waals surface area contributed by atoms with E-state index in [1.807, 2.05) is 51.1 Å². The van der Waals surface area contributed by atoms with Crippen LogP contribution in [0.15, 0.2) is 93.3 Å². The molecule has 0 unspecified atom stereocenters. The molecule has 0 aliphatic rings. The number of amides is 1. The van der Waals surface area contributed by atoms with Crippen molar-refractivity contribution < 1.29 is 13.2 Å². The molecular weight excluding hydrogens is 588 g/mol. The fourth-order valence-electron chi connectivity index (χ4n) is 4.02. The first-order chi connectivity index (χ1) is 18.1. The normalized spacial score (nSPS) is 11.6. The van der Waals surface area contributed by atoms with Gasteiger partial charge in [-0.1, -0.05) is 51.8 Å². The lowest BCUT2D eigenvalue weighted by Gasteiger charge is -2.24. The molecule has 0 atom stereocenters. The predicted molar refractivity (Wildman–Crippen MR) is 156 cm³/mol. The van der Waals surface area contributed by atoms with Gasteiger partial charge < -0.3 is 4.57 Å². The Morgan fingerprint density at radius 3 is 2.37 bits per heavy atom. The van der Waals surface area contributed by atoms with Gasteiger partial charge in [0.15, 0.2) is 0 Å². The molecule has 0 aliphatic carbocycles. The Hall–Kier alpha value is -3.40. The van der Waals surface area contributed by atoms with Crippen LogP contribution in [0.1, 0.15) is 22.5 Å². The lowest BCUT2D eigenvalue weighted by Crippen LogP contribution is -2.39. The average molecular weight is 614 g/mol. The minimum atomic E-state index is -4.04. The van der Waals surface area contributed by atoms with E-state index in [1.54, 1.807) is 36.5 Å². The summed E-state index contributed by atoms with van der Waals surface area (Å²) in [5, 5.41) is 4.50. The monoisotopic (exact) mass is 612 g/mol. The predicted octanol–water partition coefficient (Wildman–Crippen LogP) is 6.16. The molecule has 38 heavy (non-hydrogen) atoms. The Balaban J connectivity index is 1.56. The van der Waals surface area contributed by atoms with Gasteiger partial charge in [-0.25, -0.2) is 13.8 Å². The maximum absolute atomic E-state index is 13.5. The molecule has 1 aromatic heterocycles. The molecule has 0 bridgehead atoms. The number of sulfonamides is 1. The molecule has 4 rings (SSSR count). The molecule has 0 aliphatic heterocycles. The van der Waals surface area contributed by atoms with Gasteiger partial charge >= 0.3 is 0 Å². The highest BCUT2D eigenvalue weighted by atomic mass is 79.9. The highest BCUT2D eigenvalue weighted by Crippen LogP contribution is 2.28. The second kappa shape index (κ2) is 11.6. The number of hydrazone groups is 1. The van der Waals surface area contributed by atoms with Gasteiger partial charge in [-0.15, -0.1) is 0 Å². The molecule has 0 saturated carbocycles. The van der Waals surface area contributed by atoms with Crippen LogP contribution in [0, 0.1) is 20.8 Å². The largest absolute Gasteiger partial charge is 0.318 e. The van der Waals surface area contributed by atoms with Crippen LogP contribution in [0.5, 0.6) is 0 Å². The van der Waals surface area contributed by atoms with Gasteiger partial charge in [0.2, 0.25) is 0 Å². The Morgan fingerprint density at radius 2 is 1.71 bits per heavy atom. The van der Waals surface area contributed by atoms with Crippen molar-refractivity contribution in [3.05, 3.63) is 111 Å². The third-order valence-corrected chi connectivity index (χ3v) is 8.73. The van der Waals surface area contributed by atoms with E-state index in [4.69, 9.17) is 11.6 Å². The minimum absolute atomic E-state index is 0.0633. The van der Waals surface area contributed by atoms with E-state index in [1.165, 1.54) is 18.2 Å². The van der Waals surface area contributed by atoms with E-state index in [0.29, 0.717) is 5.02 Å². The molecule has 1 N–H and O–H groups in total.